The van der Waals surface area contributed by atoms with Gasteiger partial charge in [0.15, 0.2) is 0 Å². The Morgan fingerprint density at radius 2 is 1.89 bits per heavy atom. The van der Waals surface area contributed by atoms with Crippen molar-refractivity contribution in [3.8, 4) is 0 Å². The van der Waals surface area contributed by atoms with Gasteiger partial charge in [-0.3, -0.25) is 9.78 Å². The van der Waals surface area contributed by atoms with Crippen LogP contribution in [0.1, 0.15) is 55.9 Å². The molecule has 2 N–H and O–H groups in total. The average Bonchev–Trinajstić information content (AvgIpc) is 3.54. The molecule has 11 heteroatoms. The molecule has 1 amide bonds. The number of carboxylic acids is 1. The number of carbonyl (C=O) groups excluding carboxylic acids is 1. The molecule has 1 aromatic heterocycles. The second-order valence-corrected chi connectivity index (χ2v) is 10.1. The van der Waals surface area contributed by atoms with Crippen LogP contribution in [0.3, 0.4) is 0 Å². The van der Waals surface area contributed by atoms with E-state index in [1.807, 2.05) is 11.9 Å². The van der Waals surface area contributed by atoms with Crippen LogP contribution in [0.5, 0.6) is 0 Å². The lowest BCUT2D eigenvalue weighted by molar-refractivity contribution is -0.192. The number of likely N-dealkylation sites (tertiary alicyclic amines) is 2. The number of nitrogens with zero attached hydrogens (tertiary/aromatic N) is 3. The summed E-state index contributed by atoms with van der Waals surface area (Å²) < 4.78 is 38.2. The minimum absolute atomic E-state index is 0.108. The van der Waals surface area contributed by atoms with Crippen molar-refractivity contribution in [3.63, 3.8) is 0 Å². The molecule has 0 radical (unpaired) electrons. The van der Waals surface area contributed by atoms with Gasteiger partial charge in [-0.25, -0.2) is 4.79 Å². The summed E-state index contributed by atoms with van der Waals surface area (Å²) in [4.78, 5) is 30.2. The topological polar surface area (TPSA) is 95.0 Å². The van der Waals surface area contributed by atoms with Gasteiger partial charge in [0.25, 0.3) is 0 Å². The molecule has 3 heterocycles. The molecule has 2 atom stereocenters. The minimum atomic E-state index is -5.08. The first-order chi connectivity index (χ1) is 18.1. The van der Waals surface area contributed by atoms with Gasteiger partial charge in [-0.1, -0.05) is 18.2 Å². The van der Waals surface area contributed by atoms with Gasteiger partial charge in [0, 0.05) is 55.9 Å². The van der Waals surface area contributed by atoms with E-state index in [4.69, 9.17) is 19.6 Å². The summed E-state index contributed by atoms with van der Waals surface area (Å²) in [7, 11) is 1.90. The third-order valence-electron chi connectivity index (χ3n) is 7.33. The molecule has 2 unspecified atom stereocenters. The first-order valence-electron chi connectivity index (χ1n) is 13.2. The van der Waals surface area contributed by atoms with E-state index >= 15 is 0 Å². The lowest BCUT2D eigenvalue weighted by Gasteiger charge is -2.32. The maximum Gasteiger partial charge on any atom is 0.490 e. The van der Waals surface area contributed by atoms with Crippen molar-refractivity contribution in [1.82, 2.24) is 14.8 Å². The van der Waals surface area contributed by atoms with Crippen LogP contribution in [-0.2, 0) is 20.7 Å². The molecule has 8 nitrogen and oxygen atoms in total. The van der Waals surface area contributed by atoms with Crippen LogP contribution in [0.25, 0.3) is 10.9 Å². The molecule has 2 saturated heterocycles. The third-order valence-corrected chi connectivity index (χ3v) is 7.33. The van der Waals surface area contributed by atoms with Crippen molar-refractivity contribution >= 4 is 28.5 Å². The second-order valence-electron chi connectivity index (χ2n) is 10.1. The number of carbonyl (C=O) groups is 2. The Bertz CT molecular complexity index is 1140. The number of fused-ring (bicyclic) bond motifs is 2. The van der Waals surface area contributed by atoms with Crippen LogP contribution in [0.4, 0.5) is 18.9 Å². The van der Waals surface area contributed by atoms with E-state index in [-0.39, 0.29) is 18.1 Å². The van der Waals surface area contributed by atoms with Crippen molar-refractivity contribution in [2.45, 2.75) is 63.3 Å². The standard InChI is InChI=1S/C25H34N4O2.C2HF3O2/c1-28-17-18(9-12-23(28)30)26-25-19-7-2-3-8-20(19)27-21-10-11-22(24(21)25)31-16-6-15-29-13-4-5-14-29;3-2(4,5)1(6)7/h2-3,7-8,18,22H,4-6,9-17H2,1H3,(H,26,27);(H,6,7). The summed E-state index contributed by atoms with van der Waals surface area (Å²) in [6, 6.07) is 8.65. The van der Waals surface area contributed by atoms with Gasteiger partial charge in [-0.05, 0) is 57.7 Å². The van der Waals surface area contributed by atoms with Crippen LogP contribution in [0, 0.1) is 0 Å². The van der Waals surface area contributed by atoms with Crippen LogP contribution in [-0.4, -0.2) is 83.8 Å². The molecule has 2 aromatic rings. The van der Waals surface area contributed by atoms with E-state index in [1.54, 1.807) is 0 Å². The molecular weight excluding hydrogens is 501 g/mol. The highest BCUT2D eigenvalue weighted by atomic mass is 19.4. The van der Waals surface area contributed by atoms with Gasteiger partial charge in [0.05, 0.1) is 17.3 Å². The Morgan fingerprint density at radius 1 is 1.18 bits per heavy atom. The fourth-order valence-electron chi connectivity index (χ4n) is 5.40. The number of pyridine rings is 1. The highest BCUT2D eigenvalue weighted by Crippen LogP contribution is 2.42. The number of aryl methyl sites for hydroxylation is 1. The molecule has 2 aliphatic heterocycles. The third kappa shape index (κ3) is 6.93. The molecule has 208 valence electrons. The van der Waals surface area contributed by atoms with E-state index in [1.165, 1.54) is 42.9 Å². The van der Waals surface area contributed by atoms with E-state index in [2.05, 4.69) is 34.5 Å². The van der Waals surface area contributed by atoms with E-state index in [0.717, 1.165) is 56.3 Å². The quantitative estimate of drug-likeness (QED) is 0.507. The van der Waals surface area contributed by atoms with Gasteiger partial charge in [0.2, 0.25) is 5.91 Å². The van der Waals surface area contributed by atoms with Crippen molar-refractivity contribution < 1.29 is 32.6 Å². The number of aromatic nitrogens is 1. The van der Waals surface area contributed by atoms with Crippen molar-refractivity contribution in [1.29, 1.82) is 0 Å². The number of para-hydroxylation sites is 1. The zero-order chi connectivity index (χ0) is 27.3. The van der Waals surface area contributed by atoms with E-state index in [9.17, 15) is 18.0 Å². The number of amides is 1. The maximum absolute atomic E-state index is 12.0. The molecule has 1 aliphatic carbocycles. The number of likely N-dealkylation sites (N-methyl/N-ethyl adjacent to an activating group) is 1. The normalized spacial score (nSPS) is 21.8. The number of aliphatic carboxylic acids is 1. The van der Waals surface area contributed by atoms with E-state index < -0.39 is 12.1 Å². The predicted molar refractivity (Wildman–Crippen MR) is 137 cm³/mol. The zero-order valence-electron chi connectivity index (χ0n) is 21.6. The number of halogens is 3. The van der Waals surface area contributed by atoms with Gasteiger partial charge in [-0.15, -0.1) is 0 Å². The zero-order valence-corrected chi connectivity index (χ0v) is 21.6. The maximum atomic E-state index is 12.0. The summed E-state index contributed by atoms with van der Waals surface area (Å²) in [5.74, 6) is -2.52. The predicted octanol–water partition coefficient (Wildman–Crippen LogP) is 4.39. The largest absolute Gasteiger partial charge is 0.490 e. The van der Waals surface area contributed by atoms with Gasteiger partial charge in [-0.2, -0.15) is 13.2 Å². The molecule has 0 bridgehead atoms. The molecule has 3 aliphatic rings. The van der Waals surface area contributed by atoms with Crippen LogP contribution >= 0.6 is 0 Å². The molecule has 5 rings (SSSR count). The smallest absolute Gasteiger partial charge is 0.475 e. The number of nitrogens with one attached hydrogen (secondary N) is 1. The number of carboxylic acid groups (broad SMARTS) is 1. The lowest BCUT2D eigenvalue weighted by atomic mass is 10.0. The fraction of sp³-hybridized carbons (Fsp3) is 0.593. The monoisotopic (exact) mass is 536 g/mol. The minimum Gasteiger partial charge on any atom is -0.475 e. The van der Waals surface area contributed by atoms with Crippen LogP contribution in [0.2, 0.25) is 0 Å². The van der Waals surface area contributed by atoms with Crippen LogP contribution in [0.15, 0.2) is 24.3 Å². The molecular formula is C27H35F3N4O4. The molecule has 0 saturated carbocycles. The molecule has 38 heavy (non-hydrogen) atoms. The van der Waals surface area contributed by atoms with Gasteiger partial charge in [0.1, 0.15) is 0 Å². The number of rotatable bonds is 7. The summed E-state index contributed by atoms with van der Waals surface area (Å²) in [5, 5.41) is 12.1. The number of piperidine rings is 1. The second kappa shape index (κ2) is 12.3. The van der Waals surface area contributed by atoms with Crippen molar-refractivity contribution in [3.05, 3.63) is 35.5 Å². The van der Waals surface area contributed by atoms with Gasteiger partial charge >= 0.3 is 12.1 Å². The SMILES string of the molecule is CN1CC(Nc2c3c(nc4ccccc24)CCC3OCCCN2CCCC2)CCC1=O.O=C(O)C(F)(F)F. The highest BCUT2D eigenvalue weighted by molar-refractivity contribution is 5.94. The highest BCUT2D eigenvalue weighted by Gasteiger charge is 2.38. The molecule has 0 spiro atoms. The number of hydrogen-bond acceptors (Lipinski definition) is 6. The Morgan fingerprint density at radius 3 is 2.58 bits per heavy atom. The fourth-order valence-corrected chi connectivity index (χ4v) is 5.40. The van der Waals surface area contributed by atoms with E-state index in [0.29, 0.717) is 6.42 Å². The number of ether oxygens (including phenoxy) is 1. The first kappa shape index (κ1) is 28.1. The van der Waals surface area contributed by atoms with Crippen molar-refractivity contribution in [2.75, 3.05) is 45.2 Å². The van der Waals surface area contributed by atoms with Gasteiger partial charge < -0.3 is 25.0 Å². The number of benzene rings is 1. The average molecular weight is 537 g/mol. The first-order valence-corrected chi connectivity index (χ1v) is 13.2. The Balaban J connectivity index is 0.000000426. The number of hydrogen-bond donors (Lipinski definition) is 2. The van der Waals surface area contributed by atoms with Crippen LogP contribution < -0.4 is 5.32 Å². The lowest BCUT2D eigenvalue weighted by Crippen LogP contribution is -2.43. The number of anilines is 1. The Hall–Kier alpha value is -2.92. The molecule has 1 aromatic carbocycles. The Kier molecular flexibility index (Phi) is 9.09. The number of alkyl halides is 3. The molecule has 2 fully saturated rings. The summed E-state index contributed by atoms with van der Waals surface area (Å²) in [6.07, 6.45) is 2.24. The Labute approximate surface area is 220 Å². The summed E-state index contributed by atoms with van der Waals surface area (Å²) in [5.41, 5.74) is 4.64. The summed E-state index contributed by atoms with van der Waals surface area (Å²) in [6.45, 7) is 5.17. The summed E-state index contributed by atoms with van der Waals surface area (Å²) >= 11 is 0. The van der Waals surface area contributed by atoms with Crippen molar-refractivity contribution in [2.24, 2.45) is 0 Å².